The van der Waals surface area contributed by atoms with Gasteiger partial charge in [0.15, 0.2) is 0 Å². The van der Waals surface area contributed by atoms with Crippen molar-refractivity contribution in [2.24, 2.45) is 0 Å². The fraction of sp³-hybridized carbons (Fsp3) is 0.103. The quantitative estimate of drug-likeness (QED) is 0.213. The molecule has 0 atom stereocenters. The summed E-state index contributed by atoms with van der Waals surface area (Å²) >= 11 is 3.37. The van der Waals surface area contributed by atoms with E-state index in [0.717, 1.165) is 15.0 Å². The van der Waals surface area contributed by atoms with Gasteiger partial charge in [-0.2, -0.15) is 0 Å². The lowest BCUT2D eigenvalue weighted by Crippen LogP contribution is -2.21. The summed E-state index contributed by atoms with van der Waals surface area (Å²) in [4.78, 5) is 24.9. The molecule has 1 amide bonds. The molecule has 37 heavy (non-hydrogen) atoms. The molecule has 8 heteroatoms. The van der Waals surface area contributed by atoms with Crippen LogP contribution in [-0.2, 0) is 4.79 Å². The zero-order chi connectivity index (χ0) is 26.3. The van der Waals surface area contributed by atoms with E-state index in [1.165, 1.54) is 38.2 Å². The predicted octanol–water partition coefficient (Wildman–Crippen LogP) is 7.16. The van der Waals surface area contributed by atoms with Crippen molar-refractivity contribution in [2.45, 2.75) is 0 Å². The van der Waals surface area contributed by atoms with Crippen molar-refractivity contribution < 1.29 is 4.79 Å². The number of likely N-dealkylation sites (N-methyl/N-ethyl adjacent to an activating group) is 1. The van der Waals surface area contributed by atoms with E-state index >= 15 is 0 Å². The van der Waals surface area contributed by atoms with Gasteiger partial charge in [0.25, 0.3) is 5.70 Å². The number of hydrogen-bond acceptors (Lipinski definition) is 5. The largest absolute Gasteiger partial charge is 0.378 e. The number of fused-ring (bicyclic) bond motifs is 2. The first-order valence-electron chi connectivity index (χ1n) is 11.2. The summed E-state index contributed by atoms with van der Waals surface area (Å²) in [6, 6.07) is 19.0. The predicted molar refractivity (Wildman–Crippen MR) is 152 cm³/mol. The molecule has 0 fully saturated rings. The van der Waals surface area contributed by atoms with Gasteiger partial charge >= 0.3 is 0 Å². The second kappa shape index (κ2) is 9.41. The molecule has 0 unspecified atom stereocenters. The SMILES string of the molecule is [C-]#[N+]C1=C(/C=C/c2cc3cc4cc(-c5ccc(N(C)C)cc5)sc4cc3s2)C(=O)N(C)/C1=C(\C#N)[N+]#[C-]. The fourth-order valence-corrected chi connectivity index (χ4v) is 6.40. The molecule has 0 saturated heterocycles. The number of thiophene rings is 2. The zero-order valence-electron chi connectivity index (χ0n) is 20.2. The van der Waals surface area contributed by atoms with E-state index in [-0.39, 0.29) is 22.7 Å². The number of amides is 1. The number of anilines is 1. The van der Waals surface area contributed by atoms with Gasteiger partial charge in [0.2, 0.25) is 11.6 Å². The number of carbonyl (C=O) groups is 1. The Labute approximate surface area is 222 Å². The smallest absolute Gasteiger partial charge is 0.274 e. The summed E-state index contributed by atoms with van der Waals surface area (Å²) in [7, 11) is 5.54. The molecule has 0 N–H and O–H groups in total. The van der Waals surface area contributed by atoms with E-state index in [0.29, 0.717) is 0 Å². The zero-order valence-corrected chi connectivity index (χ0v) is 21.9. The Morgan fingerprint density at radius 1 is 1.03 bits per heavy atom. The number of benzene rings is 2. The van der Waals surface area contributed by atoms with Crippen LogP contribution in [0.5, 0.6) is 0 Å². The lowest BCUT2D eigenvalue weighted by Gasteiger charge is -2.12. The summed E-state index contributed by atoms with van der Waals surface area (Å²) in [6.07, 6.45) is 3.43. The van der Waals surface area contributed by atoms with Gasteiger partial charge in [-0.1, -0.05) is 18.2 Å². The van der Waals surface area contributed by atoms with Crippen LogP contribution in [0.3, 0.4) is 0 Å². The Bertz CT molecular complexity index is 1750. The van der Waals surface area contributed by atoms with Crippen molar-refractivity contribution in [1.82, 2.24) is 4.90 Å². The van der Waals surface area contributed by atoms with Gasteiger partial charge in [-0.15, -0.1) is 22.7 Å². The van der Waals surface area contributed by atoms with Gasteiger partial charge in [-0.3, -0.25) is 4.79 Å². The van der Waals surface area contributed by atoms with E-state index in [2.05, 4.69) is 63.1 Å². The molecule has 1 aliphatic rings. The Hall–Kier alpha value is -4.68. The second-order valence-electron chi connectivity index (χ2n) is 8.62. The third kappa shape index (κ3) is 4.17. The van der Waals surface area contributed by atoms with Crippen molar-refractivity contribution in [3.8, 4) is 16.5 Å². The first-order valence-corrected chi connectivity index (χ1v) is 12.8. The number of rotatable bonds is 4. The molecule has 3 heterocycles. The van der Waals surface area contributed by atoms with Crippen LogP contribution in [-0.4, -0.2) is 32.0 Å². The third-order valence-corrected chi connectivity index (χ3v) is 8.37. The average Bonchev–Trinajstić information content (AvgIpc) is 3.56. The van der Waals surface area contributed by atoms with Crippen molar-refractivity contribution >= 4 is 60.5 Å². The van der Waals surface area contributed by atoms with E-state index < -0.39 is 5.91 Å². The van der Waals surface area contributed by atoms with Crippen molar-refractivity contribution in [3.63, 3.8) is 0 Å². The maximum absolute atomic E-state index is 12.8. The van der Waals surface area contributed by atoms with Gasteiger partial charge < -0.3 is 9.80 Å². The van der Waals surface area contributed by atoms with Gasteiger partial charge in [0.05, 0.1) is 24.9 Å². The number of hydrogen-bond donors (Lipinski definition) is 0. The van der Waals surface area contributed by atoms with E-state index in [9.17, 15) is 10.1 Å². The topological polar surface area (TPSA) is 56.1 Å². The van der Waals surface area contributed by atoms with Crippen molar-refractivity contribution in [3.05, 3.63) is 105 Å². The van der Waals surface area contributed by atoms with Crippen LogP contribution in [0.25, 0.3) is 46.4 Å². The highest BCUT2D eigenvalue weighted by Crippen LogP contribution is 2.39. The van der Waals surface area contributed by atoms with Crippen LogP contribution in [0.4, 0.5) is 5.69 Å². The Morgan fingerprint density at radius 2 is 1.73 bits per heavy atom. The highest BCUT2D eigenvalue weighted by molar-refractivity contribution is 7.23. The summed E-state index contributed by atoms with van der Waals surface area (Å²) < 4.78 is 2.35. The molecular formula is C29H19N5OS2. The van der Waals surface area contributed by atoms with E-state index in [4.69, 9.17) is 13.1 Å². The van der Waals surface area contributed by atoms with Crippen LogP contribution in [0.2, 0.25) is 0 Å². The normalized spacial score (nSPS) is 14.9. The molecule has 178 valence electrons. The lowest BCUT2D eigenvalue weighted by atomic mass is 10.1. The van der Waals surface area contributed by atoms with Gasteiger partial charge in [0, 0.05) is 51.6 Å². The summed E-state index contributed by atoms with van der Waals surface area (Å²) in [5, 5.41) is 11.5. The van der Waals surface area contributed by atoms with Gasteiger partial charge in [-0.25, -0.2) is 15.0 Å². The molecular weight excluding hydrogens is 498 g/mol. The first kappa shape index (κ1) is 24.0. The lowest BCUT2D eigenvalue weighted by molar-refractivity contribution is -0.122. The highest BCUT2D eigenvalue weighted by Gasteiger charge is 2.34. The average molecular weight is 518 g/mol. The summed E-state index contributed by atoms with van der Waals surface area (Å²) in [5.41, 5.74) is 2.39. The molecule has 2 aromatic heterocycles. The minimum absolute atomic E-state index is 0.0315. The van der Waals surface area contributed by atoms with Gasteiger partial charge in [0.1, 0.15) is 0 Å². The second-order valence-corrected chi connectivity index (χ2v) is 10.8. The molecule has 0 saturated carbocycles. The maximum Gasteiger partial charge on any atom is 0.274 e. The van der Waals surface area contributed by atoms with Crippen LogP contribution in [0.1, 0.15) is 4.88 Å². The monoisotopic (exact) mass is 517 g/mol. The Morgan fingerprint density at radius 3 is 2.38 bits per heavy atom. The molecule has 0 bridgehead atoms. The van der Waals surface area contributed by atoms with Crippen LogP contribution >= 0.6 is 22.7 Å². The number of nitriles is 1. The van der Waals surface area contributed by atoms with Crippen molar-refractivity contribution in [1.29, 1.82) is 5.26 Å². The highest BCUT2D eigenvalue weighted by atomic mass is 32.1. The number of nitrogens with zero attached hydrogens (tertiary/aromatic N) is 5. The Balaban J connectivity index is 1.48. The fourth-order valence-electron chi connectivity index (χ4n) is 4.25. The molecule has 0 spiro atoms. The van der Waals surface area contributed by atoms with Crippen molar-refractivity contribution in [2.75, 3.05) is 26.0 Å². The van der Waals surface area contributed by atoms with E-state index in [1.807, 2.05) is 20.2 Å². The van der Waals surface area contributed by atoms with Crippen LogP contribution in [0, 0.1) is 24.5 Å². The molecule has 6 nitrogen and oxygen atoms in total. The van der Waals surface area contributed by atoms with Crippen LogP contribution < -0.4 is 4.90 Å². The Kier molecular flexibility index (Phi) is 6.11. The molecule has 0 radical (unpaired) electrons. The maximum atomic E-state index is 12.8. The van der Waals surface area contributed by atoms with Crippen LogP contribution in [0.15, 0.2) is 77.3 Å². The molecule has 1 aliphatic heterocycles. The molecule has 2 aromatic carbocycles. The minimum Gasteiger partial charge on any atom is -0.378 e. The van der Waals surface area contributed by atoms with Gasteiger partial charge in [-0.05, 0) is 58.8 Å². The summed E-state index contributed by atoms with van der Waals surface area (Å²) in [5.74, 6) is -0.401. The number of carbonyl (C=O) groups excluding carboxylic acids is 1. The molecule has 5 rings (SSSR count). The number of allylic oxidation sites excluding steroid dienone is 1. The first-order chi connectivity index (χ1) is 17.8. The third-order valence-electron chi connectivity index (χ3n) is 6.16. The standard InChI is InChI=1S/C29H19N5OS2/c1-31-23(16-30)28-27(32-2)22(29(35)34(28)5)11-10-21-13-18-12-19-14-24(37-26(19)15-25(18)36-21)17-6-8-20(9-7-17)33(3)4/h6-15H,3-5H3/b11-10+,28-23+. The molecule has 4 aromatic rings. The summed E-state index contributed by atoms with van der Waals surface area (Å²) in [6.45, 7) is 14.7. The van der Waals surface area contributed by atoms with E-state index in [1.54, 1.807) is 34.8 Å². The minimum atomic E-state index is -0.401. The molecule has 0 aliphatic carbocycles.